The third-order valence-electron chi connectivity index (χ3n) is 11.7. The molecule has 0 amide bonds. The van der Waals surface area contributed by atoms with Crippen LogP contribution in [0.25, 0.3) is 0 Å². The molecule has 0 bridgehead atoms. The average molecular weight is 661 g/mol. The van der Waals surface area contributed by atoms with Crippen LogP contribution in [0, 0.1) is 11.3 Å². The Labute approximate surface area is 302 Å². The van der Waals surface area contributed by atoms with Crippen molar-refractivity contribution in [1.29, 1.82) is 0 Å². The van der Waals surface area contributed by atoms with Crippen LogP contribution >= 0.6 is 0 Å². The maximum Gasteiger partial charge on any atom is -0.0357 e. The minimum atomic E-state index is 0.490. The molecule has 0 heterocycles. The average Bonchev–Trinajstić information content (AvgIpc) is 3.05. The van der Waals surface area contributed by atoms with Crippen LogP contribution in [0.1, 0.15) is 291 Å². The Kier molecular flexibility index (Phi) is 38.8. The van der Waals surface area contributed by atoms with Gasteiger partial charge in [-0.05, 0) is 11.3 Å². The molecule has 0 rings (SSSR count). The zero-order chi connectivity index (χ0) is 34.4. The van der Waals surface area contributed by atoms with Crippen molar-refractivity contribution in [3.05, 3.63) is 0 Å². The summed E-state index contributed by atoms with van der Waals surface area (Å²) in [6, 6.07) is 0. The first-order valence-electron chi connectivity index (χ1n) is 23.0. The SMILES string of the molecule is CCCCCCCCCCCCCCCCCCCCCCCCCCCCCCCCCCCCCCCCCC(C)C(C)(C)C. The Hall–Kier alpha value is 0. The van der Waals surface area contributed by atoms with E-state index in [9.17, 15) is 0 Å². The number of hydrogen-bond donors (Lipinski definition) is 0. The van der Waals surface area contributed by atoms with Crippen LogP contribution in [0.3, 0.4) is 0 Å². The fourth-order valence-electron chi connectivity index (χ4n) is 7.50. The first-order valence-corrected chi connectivity index (χ1v) is 23.0. The first-order chi connectivity index (χ1) is 23.0. The van der Waals surface area contributed by atoms with E-state index in [0.717, 1.165) is 5.92 Å². The van der Waals surface area contributed by atoms with E-state index >= 15 is 0 Å². The Bertz CT molecular complexity index is 541. The smallest absolute Gasteiger partial charge is 0.0357 e. The predicted octanol–water partition coefficient (Wildman–Crippen LogP) is 18.3. The fourth-order valence-corrected chi connectivity index (χ4v) is 7.50. The minimum Gasteiger partial charge on any atom is -0.0654 e. The van der Waals surface area contributed by atoms with Crippen molar-refractivity contribution in [3.8, 4) is 0 Å². The van der Waals surface area contributed by atoms with Crippen LogP contribution in [0.2, 0.25) is 0 Å². The number of unbranched alkanes of at least 4 members (excludes halogenated alkanes) is 38. The van der Waals surface area contributed by atoms with Crippen molar-refractivity contribution < 1.29 is 0 Å². The maximum absolute atomic E-state index is 2.44. The van der Waals surface area contributed by atoms with Crippen molar-refractivity contribution in [1.82, 2.24) is 0 Å². The highest BCUT2D eigenvalue weighted by atomic mass is 14.2. The molecule has 0 nitrogen and oxygen atoms in total. The molecule has 1 atom stereocenters. The van der Waals surface area contributed by atoms with Gasteiger partial charge in [0.2, 0.25) is 0 Å². The summed E-state index contributed by atoms with van der Waals surface area (Å²) in [5, 5.41) is 0. The Morgan fingerprint density at radius 1 is 0.255 bits per heavy atom. The van der Waals surface area contributed by atoms with Gasteiger partial charge in [0, 0.05) is 0 Å². The van der Waals surface area contributed by atoms with Crippen molar-refractivity contribution in [2.45, 2.75) is 291 Å². The van der Waals surface area contributed by atoms with E-state index < -0.39 is 0 Å². The zero-order valence-electron chi connectivity index (χ0n) is 34.4. The Morgan fingerprint density at radius 2 is 0.404 bits per heavy atom. The van der Waals surface area contributed by atoms with Gasteiger partial charge < -0.3 is 0 Å². The minimum absolute atomic E-state index is 0.490. The van der Waals surface area contributed by atoms with Gasteiger partial charge in [-0.15, -0.1) is 0 Å². The summed E-state index contributed by atoms with van der Waals surface area (Å²) in [5.41, 5.74) is 0.490. The summed E-state index contributed by atoms with van der Waals surface area (Å²) in [5.74, 6) is 0.861. The largest absolute Gasteiger partial charge is 0.0654 e. The van der Waals surface area contributed by atoms with Crippen LogP contribution in [-0.4, -0.2) is 0 Å². The lowest BCUT2D eigenvalue weighted by molar-refractivity contribution is 0.240. The van der Waals surface area contributed by atoms with E-state index in [2.05, 4.69) is 34.6 Å². The normalized spacial score (nSPS) is 12.7. The van der Waals surface area contributed by atoms with Gasteiger partial charge in [-0.3, -0.25) is 0 Å². The van der Waals surface area contributed by atoms with E-state index in [1.807, 2.05) is 0 Å². The third-order valence-corrected chi connectivity index (χ3v) is 11.7. The molecule has 47 heavy (non-hydrogen) atoms. The molecule has 0 N–H and O–H groups in total. The Balaban J connectivity index is 3.08. The molecule has 0 aliphatic rings. The molecule has 0 heteroatoms. The molecule has 0 aromatic heterocycles. The van der Waals surface area contributed by atoms with Crippen molar-refractivity contribution >= 4 is 0 Å². The lowest BCUT2D eigenvalue weighted by Gasteiger charge is -2.27. The molecule has 0 aliphatic carbocycles. The number of hydrogen-bond acceptors (Lipinski definition) is 0. The van der Waals surface area contributed by atoms with Crippen LogP contribution in [0.4, 0.5) is 0 Å². The van der Waals surface area contributed by atoms with Crippen molar-refractivity contribution in [2.75, 3.05) is 0 Å². The van der Waals surface area contributed by atoms with E-state index in [0.29, 0.717) is 5.41 Å². The molecule has 0 aromatic rings. The van der Waals surface area contributed by atoms with Gasteiger partial charge in [0.1, 0.15) is 0 Å². The molecule has 284 valence electrons. The lowest BCUT2D eigenvalue weighted by Crippen LogP contribution is -2.16. The van der Waals surface area contributed by atoms with Crippen LogP contribution in [0.15, 0.2) is 0 Å². The van der Waals surface area contributed by atoms with Gasteiger partial charge in [0.15, 0.2) is 0 Å². The quantitative estimate of drug-likeness (QED) is 0.0574. The van der Waals surface area contributed by atoms with Crippen LogP contribution in [-0.2, 0) is 0 Å². The molecular weight excluding hydrogens is 565 g/mol. The maximum atomic E-state index is 2.44. The summed E-state index contributed by atoms with van der Waals surface area (Å²) >= 11 is 0. The molecule has 1 unspecified atom stereocenters. The topological polar surface area (TPSA) is 0 Å². The van der Waals surface area contributed by atoms with Crippen LogP contribution < -0.4 is 0 Å². The first kappa shape index (κ1) is 47.0. The van der Waals surface area contributed by atoms with E-state index in [-0.39, 0.29) is 0 Å². The second kappa shape index (κ2) is 38.8. The van der Waals surface area contributed by atoms with Gasteiger partial charge in [-0.25, -0.2) is 0 Å². The van der Waals surface area contributed by atoms with Gasteiger partial charge in [-0.2, -0.15) is 0 Å². The molecule has 0 spiro atoms. The summed E-state index contributed by atoms with van der Waals surface area (Å²) in [4.78, 5) is 0. The fraction of sp³-hybridized carbons (Fsp3) is 1.00. The van der Waals surface area contributed by atoms with Crippen LogP contribution in [0.5, 0.6) is 0 Å². The molecule has 0 aliphatic heterocycles. The lowest BCUT2D eigenvalue weighted by atomic mass is 9.79. The van der Waals surface area contributed by atoms with Gasteiger partial charge in [0.25, 0.3) is 0 Å². The monoisotopic (exact) mass is 661 g/mol. The van der Waals surface area contributed by atoms with Gasteiger partial charge >= 0.3 is 0 Å². The molecule has 0 radical (unpaired) electrons. The zero-order valence-corrected chi connectivity index (χ0v) is 34.4. The second-order valence-electron chi connectivity index (χ2n) is 17.5. The summed E-state index contributed by atoms with van der Waals surface area (Å²) in [6.45, 7) is 11.9. The van der Waals surface area contributed by atoms with Gasteiger partial charge in [-0.1, -0.05) is 291 Å². The second-order valence-corrected chi connectivity index (χ2v) is 17.5. The van der Waals surface area contributed by atoms with Gasteiger partial charge in [0.05, 0.1) is 0 Å². The summed E-state index contributed by atoms with van der Waals surface area (Å²) in [7, 11) is 0. The highest BCUT2D eigenvalue weighted by Crippen LogP contribution is 2.29. The molecule has 0 aromatic carbocycles. The summed E-state index contributed by atoms with van der Waals surface area (Å²) < 4.78 is 0. The number of rotatable bonds is 40. The predicted molar refractivity (Wildman–Crippen MR) is 219 cm³/mol. The van der Waals surface area contributed by atoms with Crippen molar-refractivity contribution in [3.63, 3.8) is 0 Å². The highest BCUT2D eigenvalue weighted by Gasteiger charge is 2.18. The molecule has 0 fully saturated rings. The third kappa shape index (κ3) is 40.3. The summed E-state index contributed by atoms with van der Waals surface area (Å²) in [6.07, 6.45) is 59.3. The molecular formula is C47H96. The molecule has 0 saturated heterocycles. The van der Waals surface area contributed by atoms with E-state index in [1.54, 1.807) is 0 Å². The van der Waals surface area contributed by atoms with E-state index in [4.69, 9.17) is 0 Å². The standard InChI is InChI=1S/C47H96/c1-6-7-8-9-10-11-12-13-14-15-16-17-18-19-20-21-22-23-24-25-26-27-28-29-30-31-32-33-34-35-36-37-38-39-40-41-42-43-44-45-46(2)47(3,4)5/h46H,6-45H2,1-5H3. The Morgan fingerprint density at radius 3 is 0.553 bits per heavy atom. The molecule has 0 saturated carbocycles. The highest BCUT2D eigenvalue weighted by molar-refractivity contribution is 4.69. The van der Waals surface area contributed by atoms with Crippen molar-refractivity contribution in [2.24, 2.45) is 11.3 Å². The van der Waals surface area contributed by atoms with E-state index in [1.165, 1.54) is 257 Å².